The maximum Gasteiger partial charge on any atom is 0.304 e. The minimum atomic E-state index is -3.75. The quantitative estimate of drug-likeness (QED) is 0.656. The molecule has 1 aromatic heterocycles. The van der Waals surface area contributed by atoms with Crippen molar-refractivity contribution in [3.63, 3.8) is 0 Å². The summed E-state index contributed by atoms with van der Waals surface area (Å²) < 4.78 is 13.3. The molecule has 25 heavy (non-hydrogen) atoms. The van der Waals surface area contributed by atoms with Crippen molar-refractivity contribution in [2.75, 3.05) is 0 Å². The Hall–Kier alpha value is -1.97. The van der Waals surface area contributed by atoms with E-state index in [1.165, 1.54) is 0 Å². The number of carboxylic acid groups (broad SMARTS) is 1. The van der Waals surface area contributed by atoms with Gasteiger partial charge in [-0.05, 0) is 36.5 Å². The van der Waals surface area contributed by atoms with E-state index in [1.54, 1.807) is 31.5 Å². The summed E-state index contributed by atoms with van der Waals surface area (Å²) in [4.78, 5) is 26.4. The zero-order valence-electron chi connectivity index (χ0n) is 14.3. The van der Waals surface area contributed by atoms with Gasteiger partial charge in [-0.3, -0.25) is 14.3 Å². The highest BCUT2D eigenvalue weighted by molar-refractivity contribution is 7.59. The van der Waals surface area contributed by atoms with Gasteiger partial charge in [0.05, 0.1) is 17.7 Å². The van der Waals surface area contributed by atoms with Gasteiger partial charge in [-0.15, -0.1) is 0 Å². The van der Waals surface area contributed by atoms with E-state index in [1.807, 2.05) is 30.3 Å². The van der Waals surface area contributed by atoms with Crippen molar-refractivity contribution in [3.8, 4) is 0 Å². The monoisotopic (exact) mass is 361 g/mol. The van der Waals surface area contributed by atoms with E-state index in [-0.39, 0.29) is 12.6 Å². The Morgan fingerprint density at radius 2 is 1.84 bits per heavy atom. The number of pyridine rings is 1. The van der Waals surface area contributed by atoms with E-state index in [4.69, 9.17) is 0 Å². The van der Waals surface area contributed by atoms with Gasteiger partial charge >= 0.3 is 5.97 Å². The third-order valence-corrected chi connectivity index (χ3v) is 7.70. The number of hydrogen-bond donors (Lipinski definition) is 2. The van der Waals surface area contributed by atoms with Gasteiger partial charge < -0.3 is 10.00 Å². The first-order chi connectivity index (χ1) is 11.9. The highest BCUT2D eigenvalue weighted by Crippen LogP contribution is 2.62. The number of hydrogen-bond acceptors (Lipinski definition) is 3. The van der Waals surface area contributed by atoms with Gasteiger partial charge in [0.2, 0.25) is 7.37 Å². The standard InChI is InChI=1S/C19H24NO4P/c1-2-19(13-18(21)22,11-10-16-9-6-12-20-14-16)25(23,24)15-17-7-4-3-5-8-17/h3-9,12,14H,2,10-11,13,15H2,1H3,(H,21,22)(H,23,24). The SMILES string of the molecule is CCC(CCc1cccnc1)(CC(=O)O)P(=O)(O)Cc1ccccc1. The third kappa shape index (κ3) is 5.00. The Labute approximate surface area is 148 Å². The molecule has 1 aromatic carbocycles. The van der Waals surface area contributed by atoms with Crippen molar-refractivity contribution in [3.05, 3.63) is 66.0 Å². The van der Waals surface area contributed by atoms with E-state index in [0.717, 1.165) is 11.1 Å². The summed E-state index contributed by atoms with van der Waals surface area (Å²) in [7, 11) is -3.75. The zero-order valence-corrected chi connectivity index (χ0v) is 15.2. The van der Waals surface area contributed by atoms with Crippen LogP contribution in [0.1, 0.15) is 37.3 Å². The molecule has 0 saturated heterocycles. The number of carboxylic acids is 1. The van der Waals surface area contributed by atoms with Gasteiger partial charge in [-0.1, -0.05) is 43.3 Å². The Balaban J connectivity index is 2.28. The van der Waals surface area contributed by atoms with Crippen molar-refractivity contribution in [2.24, 2.45) is 0 Å². The van der Waals surface area contributed by atoms with Crippen LogP contribution in [0.5, 0.6) is 0 Å². The molecule has 0 bridgehead atoms. The van der Waals surface area contributed by atoms with Crippen molar-refractivity contribution >= 4 is 13.3 Å². The molecule has 2 unspecified atom stereocenters. The van der Waals surface area contributed by atoms with Gasteiger partial charge in [-0.25, -0.2) is 0 Å². The van der Waals surface area contributed by atoms with E-state index in [0.29, 0.717) is 19.3 Å². The van der Waals surface area contributed by atoms with Crippen molar-refractivity contribution in [1.29, 1.82) is 0 Å². The largest absolute Gasteiger partial charge is 0.481 e. The Bertz CT molecular complexity index is 736. The Kier molecular flexibility index (Phi) is 6.51. The molecule has 134 valence electrons. The van der Waals surface area contributed by atoms with Crippen LogP contribution in [-0.4, -0.2) is 26.1 Å². The van der Waals surface area contributed by atoms with Crippen LogP contribution in [0, 0.1) is 0 Å². The van der Waals surface area contributed by atoms with E-state index >= 15 is 0 Å². The molecular formula is C19H24NO4P. The molecule has 0 radical (unpaired) electrons. The molecule has 0 saturated carbocycles. The lowest BCUT2D eigenvalue weighted by Crippen LogP contribution is -2.33. The van der Waals surface area contributed by atoms with Crippen LogP contribution in [-0.2, 0) is 21.9 Å². The predicted molar refractivity (Wildman–Crippen MR) is 97.8 cm³/mol. The molecule has 0 amide bonds. The molecule has 6 heteroatoms. The smallest absolute Gasteiger partial charge is 0.304 e. The lowest BCUT2D eigenvalue weighted by Gasteiger charge is -2.36. The lowest BCUT2D eigenvalue weighted by molar-refractivity contribution is -0.137. The minimum absolute atomic E-state index is 0.0119. The topological polar surface area (TPSA) is 87.5 Å². The van der Waals surface area contributed by atoms with Crippen LogP contribution in [0.15, 0.2) is 54.9 Å². The summed E-state index contributed by atoms with van der Waals surface area (Å²) in [6.07, 6.45) is 4.24. The van der Waals surface area contributed by atoms with Crippen LogP contribution in [0.4, 0.5) is 0 Å². The molecule has 0 aliphatic carbocycles. The molecule has 0 spiro atoms. The number of nitrogens with zero attached hydrogens (tertiary/aromatic N) is 1. The van der Waals surface area contributed by atoms with Crippen LogP contribution in [0.25, 0.3) is 0 Å². The van der Waals surface area contributed by atoms with Crippen molar-refractivity contribution in [1.82, 2.24) is 4.98 Å². The molecule has 0 aliphatic rings. The van der Waals surface area contributed by atoms with Crippen molar-refractivity contribution < 1.29 is 19.4 Å². The van der Waals surface area contributed by atoms with Gasteiger partial charge in [-0.2, -0.15) is 0 Å². The first-order valence-electron chi connectivity index (χ1n) is 8.35. The molecule has 0 fully saturated rings. The van der Waals surface area contributed by atoms with Gasteiger partial charge in [0.1, 0.15) is 0 Å². The van der Waals surface area contributed by atoms with Gasteiger partial charge in [0.25, 0.3) is 0 Å². The van der Waals surface area contributed by atoms with Gasteiger partial charge in [0.15, 0.2) is 0 Å². The first kappa shape index (κ1) is 19.4. The molecule has 2 rings (SSSR count). The average molecular weight is 361 g/mol. The normalized spacial score (nSPS) is 15.9. The second-order valence-corrected chi connectivity index (χ2v) is 9.02. The van der Waals surface area contributed by atoms with Crippen LogP contribution in [0.3, 0.4) is 0 Å². The minimum Gasteiger partial charge on any atom is -0.481 e. The predicted octanol–water partition coefficient (Wildman–Crippen LogP) is 4.11. The summed E-state index contributed by atoms with van der Waals surface area (Å²) in [6, 6.07) is 12.8. The molecule has 5 nitrogen and oxygen atoms in total. The summed E-state index contributed by atoms with van der Waals surface area (Å²) in [5.41, 5.74) is 1.68. The zero-order chi connectivity index (χ0) is 18.3. The molecule has 0 aliphatic heterocycles. The van der Waals surface area contributed by atoms with Crippen LogP contribution >= 0.6 is 7.37 Å². The fourth-order valence-electron chi connectivity index (χ4n) is 3.14. The second-order valence-electron chi connectivity index (χ2n) is 6.35. The number of rotatable bonds is 9. The maximum atomic E-state index is 13.3. The molecule has 2 N–H and O–H groups in total. The fourth-order valence-corrected chi connectivity index (χ4v) is 5.52. The third-order valence-electron chi connectivity index (χ3n) is 4.72. The Morgan fingerprint density at radius 1 is 1.16 bits per heavy atom. The van der Waals surface area contributed by atoms with Gasteiger partial charge in [0, 0.05) is 12.4 Å². The molecule has 1 heterocycles. The first-order valence-corrected chi connectivity index (χ1v) is 10.2. The van der Waals surface area contributed by atoms with Crippen LogP contribution in [0.2, 0.25) is 0 Å². The second kappa shape index (κ2) is 8.41. The average Bonchev–Trinajstić information content (AvgIpc) is 2.59. The molecule has 2 atom stereocenters. The molecule has 2 aromatic rings. The fraction of sp³-hybridized carbons (Fsp3) is 0.368. The highest BCUT2D eigenvalue weighted by atomic mass is 31.2. The summed E-state index contributed by atoms with van der Waals surface area (Å²) >= 11 is 0. The van der Waals surface area contributed by atoms with E-state index in [2.05, 4.69) is 4.98 Å². The summed E-state index contributed by atoms with van der Waals surface area (Å²) in [6.45, 7) is 1.79. The van der Waals surface area contributed by atoms with Crippen LogP contribution < -0.4 is 0 Å². The maximum absolute atomic E-state index is 13.3. The Morgan fingerprint density at radius 3 is 2.40 bits per heavy atom. The molecular weight excluding hydrogens is 337 g/mol. The number of aliphatic carboxylic acids is 1. The lowest BCUT2D eigenvalue weighted by atomic mass is 9.93. The highest BCUT2D eigenvalue weighted by Gasteiger charge is 2.46. The number of aryl methyl sites for hydroxylation is 1. The number of aromatic nitrogens is 1. The van der Waals surface area contributed by atoms with E-state index < -0.39 is 18.5 Å². The summed E-state index contributed by atoms with van der Waals surface area (Å²) in [5, 5.41) is 8.21. The number of benzene rings is 1. The van der Waals surface area contributed by atoms with Crippen molar-refractivity contribution in [2.45, 2.75) is 43.9 Å². The summed E-state index contributed by atoms with van der Waals surface area (Å²) in [5.74, 6) is -1.05. The van der Waals surface area contributed by atoms with E-state index in [9.17, 15) is 19.4 Å². The number of carbonyl (C=O) groups is 1.